The van der Waals surface area contributed by atoms with E-state index in [1.165, 1.54) is 18.3 Å². The highest BCUT2D eigenvalue weighted by atomic mass is 35.5. The van der Waals surface area contributed by atoms with Gasteiger partial charge in [-0.15, -0.1) is 0 Å². The third-order valence-corrected chi connectivity index (χ3v) is 7.43. The van der Waals surface area contributed by atoms with E-state index in [1.54, 1.807) is 35.0 Å². The summed E-state index contributed by atoms with van der Waals surface area (Å²) in [6.45, 7) is 0. The number of nitrogens with one attached hydrogen (secondary N) is 1. The van der Waals surface area contributed by atoms with Gasteiger partial charge in [0.2, 0.25) is 0 Å². The molecule has 0 fully saturated rings. The summed E-state index contributed by atoms with van der Waals surface area (Å²) < 4.78 is 25.4. The second kappa shape index (κ2) is 8.89. The number of anilines is 1. The minimum Gasteiger partial charge on any atom is -0.364 e. The van der Waals surface area contributed by atoms with Crippen molar-refractivity contribution in [2.75, 3.05) is 11.6 Å². The highest BCUT2D eigenvalue weighted by Crippen LogP contribution is 2.38. The van der Waals surface area contributed by atoms with E-state index in [0.29, 0.717) is 35.5 Å². The van der Waals surface area contributed by atoms with Crippen LogP contribution in [0.5, 0.6) is 0 Å². The van der Waals surface area contributed by atoms with E-state index in [1.807, 2.05) is 12.1 Å². The summed E-state index contributed by atoms with van der Waals surface area (Å²) in [4.78, 5) is 29.1. The van der Waals surface area contributed by atoms with E-state index in [4.69, 9.17) is 17.3 Å². The largest absolute Gasteiger partial charge is 0.364 e. The molecule has 11 heteroatoms. The number of pyridine rings is 1. The van der Waals surface area contributed by atoms with Gasteiger partial charge in [0.05, 0.1) is 21.8 Å². The third kappa shape index (κ3) is 4.25. The van der Waals surface area contributed by atoms with Gasteiger partial charge in [-0.1, -0.05) is 17.7 Å². The fraction of sp³-hybridized carbons (Fsp3) is 0.120. The zero-order chi connectivity index (χ0) is 25.6. The molecule has 0 spiro atoms. The van der Waals surface area contributed by atoms with Crippen LogP contribution >= 0.6 is 11.6 Å². The highest BCUT2D eigenvalue weighted by Gasteiger charge is 2.28. The van der Waals surface area contributed by atoms with Crippen molar-refractivity contribution < 1.29 is 18.0 Å². The third-order valence-electron chi connectivity index (χ3n) is 6.00. The van der Waals surface area contributed by atoms with Gasteiger partial charge in [0, 0.05) is 29.3 Å². The molecule has 0 saturated heterocycles. The Morgan fingerprint density at radius 1 is 1.08 bits per heavy atom. The first-order valence-corrected chi connectivity index (χ1v) is 13.2. The molecule has 1 aliphatic carbocycles. The van der Waals surface area contributed by atoms with Crippen LogP contribution in [0.3, 0.4) is 0 Å². The lowest BCUT2D eigenvalue weighted by Gasteiger charge is -2.20. The first-order valence-electron chi connectivity index (χ1n) is 10.9. The number of primary amides is 1. The number of nitrogens with zero attached hydrogens (tertiary/aromatic N) is 3. The second-order valence-corrected chi connectivity index (χ2v) is 10.8. The van der Waals surface area contributed by atoms with E-state index in [2.05, 4.69) is 15.4 Å². The van der Waals surface area contributed by atoms with Crippen LogP contribution in [-0.4, -0.2) is 41.3 Å². The monoisotopic (exact) mass is 521 g/mol. The molecule has 2 amide bonds. The van der Waals surface area contributed by atoms with Gasteiger partial charge < -0.3 is 11.1 Å². The fourth-order valence-electron chi connectivity index (χ4n) is 4.29. The molecular formula is C25H20ClN5O4S. The van der Waals surface area contributed by atoms with Crippen LogP contribution in [0.4, 0.5) is 5.69 Å². The molecule has 2 aromatic carbocycles. The quantitative estimate of drug-likeness (QED) is 0.386. The van der Waals surface area contributed by atoms with Crippen LogP contribution in [0.2, 0.25) is 5.15 Å². The number of halogens is 1. The van der Waals surface area contributed by atoms with Crippen molar-refractivity contribution in [3.63, 3.8) is 0 Å². The lowest BCUT2D eigenvalue weighted by Crippen LogP contribution is -2.16. The molecule has 0 aliphatic heterocycles. The number of nitrogens with two attached hydrogens (primary N) is 1. The Bertz CT molecular complexity index is 1650. The van der Waals surface area contributed by atoms with Crippen LogP contribution in [-0.2, 0) is 22.7 Å². The number of carbonyl (C=O) groups is 2. The molecule has 2 aromatic heterocycles. The molecule has 0 atom stereocenters. The maximum atomic E-state index is 12.8. The van der Waals surface area contributed by atoms with Crippen LogP contribution < -0.4 is 11.1 Å². The number of rotatable bonds is 5. The Morgan fingerprint density at radius 3 is 2.50 bits per heavy atom. The predicted octanol–water partition coefficient (Wildman–Crippen LogP) is 3.44. The maximum Gasteiger partial charge on any atom is 0.269 e. The molecule has 5 rings (SSSR count). The number of fused-ring (bicyclic) bond motifs is 3. The SMILES string of the molecule is CS(=O)(=O)c1ccc(-n2nc(C(N)=O)c3c2-c2cc(NC(=O)c4cccnc4Cl)ccc2CC3)cc1. The molecule has 0 bridgehead atoms. The van der Waals surface area contributed by atoms with Gasteiger partial charge in [0.25, 0.3) is 11.8 Å². The molecule has 0 radical (unpaired) electrons. The summed E-state index contributed by atoms with van der Waals surface area (Å²) >= 11 is 6.06. The number of carbonyl (C=O) groups excluding carboxylic acids is 2. The summed E-state index contributed by atoms with van der Waals surface area (Å²) in [6.07, 6.45) is 3.84. The maximum absolute atomic E-state index is 12.8. The first kappa shape index (κ1) is 23.7. The minimum absolute atomic E-state index is 0.0944. The molecular weight excluding hydrogens is 502 g/mol. The van der Waals surface area contributed by atoms with Crippen molar-refractivity contribution in [3.05, 3.63) is 88.3 Å². The number of sulfone groups is 1. The molecule has 2 heterocycles. The van der Waals surface area contributed by atoms with Crippen molar-refractivity contribution in [1.82, 2.24) is 14.8 Å². The van der Waals surface area contributed by atoms with E-state index in [-0.39, 0.29) is 21.3 Å². The van der Waals surface area contributed by atoms with Gasteiger partial charge in [-0.25, -0.2) is 18.1 Å². The highest BCUT2D eigenvalue weighted by molar-refractivity contribution is 7.90. The topological polar surface area (TPSA) is 137 Å². The molecule has 3 N–H and O–H groups in total. The van der Waals surface area contributed by atoms with Crippen LogP contribution in [0.1, 0.15) is 32.0 Å². The molecule has 0 saturated carbocycles. The van der Waals surface area contributed by atoms with Gasteiger partial charge in [0.1, 0.15) is 5.15 Å². The number of amides is 2. The van der Waals surface area contributed by atoms with Gasteiger partial charge in [0.15, 0.2) is 15.5 Å². The first-order chi connectivity index (χ1) is 17.1. The molecule has 36 heavy (non-hydrogen) atoms. The summed E-state index contributed by atoms with van der Waals surface area (Å²) in [7, 11) is -3.38. The fourth-order valence-corrected chi connectivity index (χ4v) is 5.12. The zero-order valence-electron chi connectivity index (χ0n) is 19.0. The van der Waals surface area contributed by atoms with Gasteiger partial charge >= 0.3 is 0 Å². The molecule has 1 aliphatic rings. The summed E-state index contributed by atoms with van der Waals surface area (Å²) in [6, 6.07) is 14.9. The average molecular weight is 522 g/mol. The van der Waals surface area contributed by atoms with Crippen molar-refractivity contribution in [2.24, 2.45) is 5.73 Å². The molecule has 182 valence electrons. The summed E-state index contributed by atoms with van der Waals surface area (Å²) in [5.41, 5.74) is 10.3. The number of aromatic nitrogens is 3. The van der Waals surface area contributed by atoms with Crippen LogP contribution in [0.25, 0.3) is 16.9 Å². The standard InChI is InChI=1S/C25H20ClN5O4S/c1-36(34,35)17-9-7-16(8-10-17)31-22-18(21(30-31)24(27)32)11-5-14-4-6-15(13-20(14)22)29-25(33)19-3-2-12-28-23(19)26/h2-4,6-10,12-13H,5,11H2,1H3,(H2,27,32)(H,29,33). The lowest BCUT2D eigenvalue weighted by molar-refractivity contribution is 0.0992. The smallest absolute Gasteiger partial charge is 0.269 e. The Balaban J connectivity index is 1.61. The Labute approximate surface area is 211 Å². The van der Waals surface area contributed by atoms with E-state index >= 15 is 0 Å². The van der Waals surface area contributed by atoms with Gasteiger partial charge in [-0.3, -0.25) is 9.59 Å². The predicted molar refractivity (Wildman–Crippen MR) is 135 cm³/mol. The summed E-state index contributed by atoms with van der Waals surface area (Å²) in [5.74, 6) is -1.07. The Morgan fingerprint density at radius 2 is 1.83 bits per heavy atom. The summed E-state index contributed by atoms with van der Waals surface area (Å²) in [5, 5.41) is 7.42. The van der Waals surface area contributed by atoms with Crippen molar-refractivity contribution >= 4 is 38.9 Å². The number of hydrogen-bond acceptors (Lipinski definition) is 6. The number of aryl methyl sites for hydroxylation is 1. The lowest BCUT2D eigenvalue weighted by atomic mass is 9.88. The zero-order valence-corrected chi connectivity index (χ0v) is 20.6. The van der Waals surface area contributed by atoms with E-state index in [0.717, 1.165) is 17.4 Å². The Kier molecular flexibility index (Phi) is 5.85. The van der Waals surface area contributed by atoms with Crippen molar-refractivity contribution in [3.8, 4) is 16.9 Å². The number of benzene rings is 2. The van der Waals surface area contributed by atoms with Crippen molar-refractivity contribution in [1.29, 1.82) is 0 Å². The second-order valence-electron chi connectivity index (χ2n) is 8.39. The number of hydrogen-bond donors (Lipinski definition) is 2. The molecule has 9 nitrogen and oxygen atoms in total. The minimum atomic E-state index is -3.38. The van der Waals surface area contributed by atoms with E-state index < -0.39 is 21.7 Å². The van der Waals surface area contributed by atoms with Crippen LogP contribution in [0, 0.1) is 0 Å². The Hall–Kier alpha value is -4.02. The van der Waals surface area contributed by atoms with Gasteiger partial charge in [-0.05, 0) is 66.9 Å². The average Bonchev–Trinajstić information content (AvgIpc) is 3.24. The molecule has 0 unspecified atom stereocenters. The molecule has 4 aromatic rings. The van der Waals surface area contributed by atoms with E-state index in [9.17, 15) is 18.0 Å². The van der Waals surface area contributed by atoms with Gasteiger partial charge in [-0.2, -0.15) is 5.10 Å². The van der Waals surface area contributed by atoms with Crippen molar-refractivity contribution in [2.45, 2.75) is 17.7 Å². The van der Waals surface area contributed by atoms with Crippen LogP contribution in [0.15, 0.2) is 65.7 Å². The normalized spacial score (nSPS) is 12.5.